The molecule has 0 spiro atoms. The van der Waals surface area contributed by atoms with Crippen LogP contribution in [0.4, 0.5) is 11.6 Å². The van der Waals surface area contributed by atoms with Crippen LogP contribution >= 0.6 is 0 Å². The maximum absolute atomic E-state index is 6.56. The Bertz CT molecular complexity index is 1210. The normalized spacial score (nSPS) is 22.5. The van der Waals surface area contributed by atoms with Crippen molar-refractivity contribution in [2.24, 2.45) is 0 Å². The summed E-state index contributed by atoms with van der Waals surface area (Å²) in [6, 6.07) is 6.32. The molecular weight excluding hydrogens is 498 g/mol. The van der Waals surface area contributed by atoms with E-state index < -0.39 is 0 Å². The lowest BCUT2D eigenvalue weighted by molar-refractivity contribution is 0.0320. The summed E-state index contributed by atoms with van der Waals surface area (Å²) in [5.74, 6) is 2.03. The van der Waals surface area contributed by atoms with Gasteiger partial charge in [0.25, 0.3) is 0 Å². The van der Waals surface area contributed by atoms with Crippen LogP contribution in [0.2, 0.25) is 0 Å². The molecule has 6 rings (SSSR count). The Hall–Kier alpha value is -3.28. The fourth-order valence-electron chi connectivity index (χ4n) is 5.41. The Morgan fingerprint density at radius 1 is 0.872 bits per heavy atom. The first kappa shape index (κ1) is 26.0. The summed E-state index contributed by atoms with van der Waals surface area (Å²) in [6.45, 7) is 8.17. The standard InChI is InChI=1S/C28H37N7O4/c1-3-23(39-25-20-22(35-12-16-37-17-13-35)19-24-27(25)30-8-7-29-24)4-2-21(1)32-28-31-6-5-26(33-28)38-18-11-34-9-14-36-15-10-34/h5-8,19-21,23H,1-4,9-18H2,(H,31,32,33). The molecule has 0 atom stereocenters. The SMILES string of the molecule is c1cc(OCCN2CCOCC2)nc(NC2CCC(Oc3cc(N4CCOCC4)cc4nccnc34)CC2)n1. The number of aromatic nitrogens is 4. The van der Waals surface area contributed by atoms with Crippen LogP contribution in [0.15, 0.2) is 36.8 Å². The van der Waals surface area contributed by atoms with Gasteiger partial charge in [0.2, 0.25) is 11.8 Å². The van der Waals surface area contributed by atoms with E-state index in [9.17, 15) is 0 Å². The Morgan fingerprint density at radius 2 is 1.64 bits per heavy atom. The molecule has 0 radical (unpaired) electrons. The highest BCUT2D eigenvalue weighted by Gasteiger charge is 2.25. The van der Waals surface area contributed by atoms with Gasteiger partial charge in [-0.1, -0.05) is 0 Å². The summed E-state index contributed by atoms with van der Waals surface area (Å²) in [5.41, 5.74) is 2.78. The highest BCUT2D eigenvalue weighted by Crippen LogP contribution is 2.33. The monoisotopic (exact) mass is 535 g/mol. The lowest BCUT2D eigenvalue weighted by Gasteiger charge is -2.31. The molecule has 11 nitrogen and oxygen atoms in total. The minimum absolute atomic E-state index is 0.129. The molecule has 2 saturated heterocycles. The van der Waals surface area contributed by atoms with Crippen LogP contribution in [0, 0.1) is 0 Å². The first-order chi connectivity index (χ1) is 19.3. The number of morpholine rings is 2. The van der Waals surface area contributed by atoms with Crippen molar-refractivity contribution in [3.63, 3.8) is 0 Å². The topological polar surface area (TPSA) is 107 Å². The van der Waals surface area contributed by atoms with Crippen molar-refractivity contribution in [2.75, 3.05) is 76.0 Å². The van der Waals surface area contributed by atoms with Crippen molar-refractivity contribution < 1.29 is 18.9 Å². The summed E-state index contributed by atoms with van der Waals surface area (Å²) < 4.78 is 23.4. The summed E-state index contributed by atoms with van der Waals surface area (Å²) in [4.78, 5) is 22.8. The quantitative estimate of drug-likeness (QED) is 0.437. The van der Waals surface area contributed by atoms with Gasteiger partial charge in [0.05, 0.1) is 38.0 Å². The van der Waals surface area contributed by atoms with E-state index in [4.69, 9.17) is 18.9 Å². The molecule has 3 aromatic rings. The number of hydrogen-bond donors (Lipinski definition) is 1. The van der Waals surface area contributed by atoms with Crippen molar-refractivity contribution in [1.29, 1.82) is 0 Å². The second-order valence-corrected chi connectivity index (χ2v) is 10.2. The summed E-state index contributed by atoms with van der Waals surface area (Å²) >= 11 is 0. The maximum atomic E-state index is 6.56. The van der Waals surface area contributed by atoms with Crippen LogP contribution in [0.3, 0.4) is 0 Å². The molecule has 1 saturated carbocycles. The van der Waals surface area contributed by atoms with Crippen molar-refractivity contribution in [3.05, 3.63) is 36.8 Å². The Kier molecular flexibility index (Phi) is 8.47. The van der Waals surface area contributed by atoms with Gasteiger partial charge in [0.1, 0.15) is 17.9 Å². The van der Waals surface area contributed by atoms with E-state index in [1.807, 2.05) is 6.07 Å². The molecule has 0 bridgehead atoms. The molecule has 39 heavy (non-hydrogen) atoms. The lowest BCUT2D eigenvalue weighted by Crippen LogP contribution is -2.38. The van der Waals surface area contributed by atoms with Crippen LogP contribution in [-0.4, -0.2) is 103 Å². The molecule has 0 amide bonds. The smallest absolute Gasteiger partial charge is 0.226 e. The third-order valence-electron chi connectivity index (χ3n) is 7.59. The molecular formula is C28H37N7O4. The summed E-state index contributed by atoms with van der Waals surface area (Å²) in [6.07, 6.45) is 9.17. The second-order valence-electron chi connectivity index (χ2n) is 10.2. The maximum Gasteiger partial charge on any atom is 0.226 e. The van der Waals surface area contributed by atoms with E-state index in [1.54, 1.807) is 18.6 Å². The van der Waals surface area contributed by atoms with Gasteiger partial charge in [-0.25, -0.2) is 9.97 Å². The van der Waals surface area contributed by atoms with E-state index in [-0.39, 0.29) is 6.10 Å². The number of fused-ring (bicyclic) bond motifs is 1. The Labute approximate surface area is 228 Å². The molecule has 1 aromatic carbocycles. The first-order valence-corrected chi connectivity index (χ1v) is 14.1. The Morgan fingerprint density at radius 3 is 2.46 bits per heavy atom. The van der Waals surface area contributed by atoms with Gasteiger partial charge >= 0.3 is 0 Å². The third kappa shape index (κ3) is 6.84. The summed E-state index contributed by atoms with van der Waals surface area (Å²) in [7, 11) is 0. The Balaban J connectivity index is 1.02. The molecule has 1 N–H and O–H groups in total. The molecule has 1 aliphatic carbocycles. The van der Waals surface area contributed by atoms with Crippen molar-refractivity contribution >= 4 is 22.7 Å². The summed E-state index contributed by atoms with van der Waals surface area (Å²) in [5, 5.41) is 3.50. The van der Waals surface area contributed by atoms with Crippen molar-refractivity contribution in [3.8, 4) is 11.6 Å². The van der Waals surface area contributed by atoms with E-state index in [2.05, 4.69) is 47.2 Å². The molecule has 3 fully saturated rings. The zero-order valence-corrected chi connectivity index (χ0v) is 22.3. The fourth-order valence-corrected chi connectivity index (χ4v) is 5.41. The number of hydrogen-bond acceptors (Lipinski definition) is 11. The van der Waals surface area contributed by atoms with Crippen LogP contribution < -0.4 is 19.7 Å². The van der Waals surface area contributed by atoms with Gasteiger partial charge in [0, 0.05) is 75.2 Å². The van der Waals surface area contributed by atoms with Crippen LogP contribution in [0.1, 0.15) is 25.7 Å². The first-order valence-electron chi connectivity index (χ1n) is 14.1. The largest absolute Gasteiger partial charge is 0.488 e. The molecule has 2 aliphatic heterocycles. The molecule has 11 heteroatoms. The molecule has 4 heterocycles. The minimum atomic E-state index is 0.129. The van der Waals surface area contributed by atoms with Crippen LogP contribution in [-0.2, 0) is 9.47 Å². The fraction of sp³-hybridized carbons (Fsp3) is 0.571. The number of nitrogens with zero attached hydrogens (tertiary/aromatic N) is 6. The average Bonchev–Trinajstić information content (AvgIpc) is 2.99. The van der Waals surface area contributed by atoms with Gasteiger partial charge in [-0.15, -0.1) is 0 Å². The van der Waals surface area contributed by atoms with E-state index in [1.165, 1.54) is 0 Å². The zero-order chi connectivity index (χ0) is 26.3. The van der Waals surface area contributed by atoms with E-state index in [0.717, 1.165) is 107 Å². The average molecular weight is 536 g/mol. The van der Waals surface area contributed by atoms with Gasteiger partial charge in [-0.05, 0) is 31.7 Å². The minimum Gasteiger partial charge on any atom is -0.488 e. The number of rotatable bonds is 9. The highest BCUT2D eigenvalue weighted by molar-refractivity contribution is 5.85. The molecule has 0 unspecified atom stereocenters. The predicted molar refractivity (Wildman–Crippen MR) is 148 cm³/mol. The number of nitrogens with one attached hydrogen (secondary N) is 1. The number of anilines is 2. The molecule has 3 aliphatic rings. The highest BCUT2D eigenvalue weighted by atomic mass is 16.5. The second kappa shape index (κ2) is 12.7. The third-order valence-corrected chi connectivity index (χ3v) is 7.59. The van der Waals surface area contributed by atoms with Gasteiger partial charge in [-0.3, -0.25) is 9.88 Å². The van der Waals surface area contributed by atoms with Gasteiger partial charge in [0.15, 0.2) is 0 Å². The molecule has 2 aromatic heterocycles. The van der Waals surface area contributed by atoms with Gasteiger partial charge in [-0.2, -0.15) is 4.98 Å². The van der Waals surface area contributed by atoms with E-state index in [0.29, 0.717) is 24.5 Å². The van der Waals surface area contributed by atoms with Crippen LogP contribution in [0.25, 0.3) is 11.0 Å². The van der Waals surface area contributed by atoms with Crippen molar-refractivity contribution in [2.45, 2.75) is 37.8 Å². The molecule has 208 valence electrons. The number of ether oxygens (including phenoxy) is 4. The lowest BCUT2D eigenvalue weighted by atomic mass is 9.93. The van der Waals surface area contributed by atoms with Crippen LogP contribution in [0.5, 0.6) is 11.6 Å². The van der Waals surface area contributed by atoms with Crippen molar-refractivity contribution in [1.82, 2.24) is 24.8 Å². The van der Waals surface area contributed by atoms with E-state index >= 15 is 0 Å². The predicted octanol–water partition coefficient (Wildman–Crippen LogP) is 2.77. The zero-order valence-electron chi connectivity index (χ0n) is 22.3. The number of benzene rings is 1. The van der Waals surface area contributed by atoms with Gasteiger partial charge < -0.3 is 29.2 Å².